The Labute approximate surface area is 165 Å². The van der Waals surface area contributed by atoms with E-state index in [0.717, 1.165) is 42.5 Å². The van der Waals surface area contributed by atoms with Crippen LogP contribution in [0, 0.1) is 0 Å². The highest BCUT2D eigenvalue weighted by Gasteiger charge is 2.01. The van der Waals surface area contributed by atoms with Crippen molar-refractivity contribution in [3.05, 3.63) is 72.4 Å². The Hall–Kier alpha value is -3.06. The molecule has 0 fully saturated rings. The third-order valence-corrected chi connectivity index (χ3v) is 4.03. The first kappa shape index (κ1) is 19.7. The fourth-order valence-corrected chi connectivity index (χ4v) is 2.68. The first-order valence-corrected chi connectivity index (χ1v) is 9.56. The topological polar surface area (TPSA) is 76.6 Å². The molecule has 28 heavy (non-hydrogen) atoms. The van der Waals surface area contributed by atoms with Gasteiger partial charge in [0.25, 0.3) is 0 Å². The van der Waals surface area contributed by atoms with Gasteiger partial charge in [-0.25, -0.2) is 9.67 Å². The number of rotatable bonds is 10. The molecule has 0 aliphatic heterocycles. The maximum absolute atomic E-state index is 5.60. The fraction of sp³-hybridized carbons (Fsp3) is 0.333. The molecule has 3 aromatic rings. The van der Waals surface area contributed by atoms with Gasteiger partial charge in [-0.3, -0.25) is 0 Å². The Morgan fingerprint density at radius 1 is 1.21 bits per heavy atom. The zero-order valence-corrected chi connectivity index (χ0v) is 16.2. The first-order chi connectivity index (χ1) is 13.8. The van der Waals surface area contributed by atoms with Crippen molar-refractivity contribution < 1.29 is 9.15 Å². The van der Waals surface area contributed by atoms with Gasteiger partial charge < -0.3 is 19.8 Å². The summed E-state index contributed by atoms with van der Waals surface area (Å²) in [6.07, 6.45) is 6.25. The molecular formula is C21H27N5O2. The molecule has 2 N–H and O–H groups in total. The quantitative estimate of drug-likeness (QED) is 0.321. The predicted molar refractivity (Wildman–Crippen MR) is 109 cm³/mol. The van der Waals surface area contributed by atoms with E-state index in [4.69, 9.17) is 9.15 Å². The summed E-state index contributed by atoms with van der Waals surface area (Å²) >= 11 is 0. The van der Waals surface area contributed by atoms with E-state index in [-0.39, 0.29) is 0 Å². The molecular weight excluding hydrogens is 354 g/mol. The SMILES string of the molecule is CCNC(=NCc1cccc(-n2cccn2)c1)NCCCOCc1ccco1. The van der Waals surface area contributed by atoms with Crippen LogP contribution in [-0.2, 0) is 17.9 Å². The van der Waals surface area contributed by atoms with E-state index in [0.29, 0.717) is 19.8 Å². The Morgan fingerprint density at radius 2 is 2.18 bits per heavy atom. The Bertz CT molecular complexity index is 828. The first-order valence-electron chi connectivity index (χ1n) is 9.56. The standard InChI is InChI=1S/C21H27N5O2/c1-2-22-21(23-10-6-13-27-17-20-9-4-14-28-20)24-16-18-7-3-8-19(15-18)26-12-5-11-25-26/h3-5,7-9,11-12,14-15H,2,6,10,13,16-17H2,1H3,(H2,22,23,24). The van der Waals surface area contributed by atoms with Crippen LogP contribution < -0.4 is 10.6 Å². The van der Waals surface area contributed by atoms with Crippen molar-refractivity contribution in [1.29, 1.82) is 0 Å². The van der Waals surface area contributed by atoms with Crippen LogP contribution in [0.2, 0.25) is 0 Å². The van der Waals surface area contributed by atoms with Gasteiger partial charge in [-0.05, 0) is 49.2 Å². The number of ether oxygens (including phenoxy) is 1. The molecule has 0 aliphatic carbocycles. The molecule has 0 aliphatic rings. The minimum absolute atomic E-state index is 0.508. The molecule has 2 heterocycles. The number of nitrogens with zero attached hydrogens (tertiary/aromatic N) is 3. The molecule has 0 amide bonds. The summed E-state index contributed by atoms with van der Waals surface area (Å²) in [4.78, 5) is 4.67. The van der Waals surface area contributed by atoms with Crippen molar-refractivity contribution in [2.75, 3.05) is 19.7 Å². The van der Waals surface area contributed by atoms with E-state index in [2.05, 4.69) is 39.8 Å². The number of nitrogens with one attached hydrogen (secondary N) is 2. The van der Waals surface area contributed by atoms with E-state index in [1.165, 1.54) is 0 Å². The van der Waals surface area contributed by atoms with Crippen LogP contribution >= 0.6 is 0 Å². The van der Waals surface area contributed by atoms with E-state index in [9.17, 15) is 0 Å². The maximum Gasteiger partial charge on any atom is 0.191 e. The second-order valence-electron chi connectivity index (χ2n) is 6.23. The van der Waals surface area contributed by atoms with Crippen LogP contribution in [0.25, 0.3) is 5.69 Å². The molecule has 0 bridgehead atoms. The summed E-state index contributed by atoms with van der Waals surface area (Å²) in [5.74, 6) is 1.65. The lowest BCUT2D eigenvalue weighted by molar-refractivity contribution is 0.105. The summed E-state index contributed by atoms with van der Waals surface area (Å²) in [6.45, 7) is 5.43. The average molecular weight is 381 g/mol. The van der Waals surface area contributed by atoms with E-state index in [1.54, 1.807) is 12.5 Å². The minimum Gasteiger partial charge on any atom is -0.467 e. The molecule has 2 aromatic heterocycles. The van der Waals surface area contributed by atoms with Crippen LogP contribution in [-0.4, -0.2) is 35.4 Å². The van der Waals surface area contributed by atoms with Crippen molar-refractivity contribution in [1.82, 2.24) is 20.4 Å². The van der Waals surface area contributed by atoms with Crippen molar-refractivity contribution in [2.45, 2.75) is 26.5 Å². The van der Waals surface area contributed by atoms with Crippen molar-refractivity contribution in [3.63, 3.8) is 0 Å². The molecule has 0 radical (unpaired) electrons. The van der Waals surface area contributed by atoms with Crippen LogP contribution in [0.3, 0.4) is 0 Å². The molecule has 1 aromatic carbocycles. The number of furan rings is 1. The van der Waals surface area contributed by atoms with Crippen molar-refractivity contribution in [3.8, 4) is 5.69 Å². The molecule has 3 rings (SSSR count). The summed E-state index contributed by atoms with van der Waals surface area (Å²) in [5.41, 5.74) is 2.16. The number of guanidine groups is 1. The Balaban J connectivity index is 1.44. The minimum atomic E-state index is 0.508. The highest BCUT2D eigenvalue weighted by molar-refractivity contribution is 5.79. The van der Waals surface area contributed by atoms with Crippen LogP contribution in [0.5, 0.6) is 0 Å². The molecule has 0 saturated carbocycles. The Morgan fingerprint density at radius 3 is 2.96 bits per heavy atom. The molecule has 7 nitrogen and oxygen atoms in total. The van der Waals surface area contributed by atoms with Gasteiger partial charge in [0.1, 0.15) is 12.4 Å². The number of benzene rings is 1. The second kappa shape index (κ2) is 10.9. The van der Waals surface area contributed by atoms with Gasteiger partial charge in [0.15, 0.2) is 5.96 Å². The van der Waals surface area contributed by atoms with Gasteiger partial charge in [-0.1, -0.05) is 12.1 Å². The maximum atomic E-state index is 5.60. The summed E-state index contributed by atoms with van der Waals surface area (Å²) < 4.78 is 12.7. The largest absolute Gasteiger partial charge is 0.467 e. The lowest BCUT2D eigenvalue weighted by atomic mass is 10.2. The van der Waals surface area contributed by atoms with Gasteiger partial charge in [0, 0.05) is 32.1 Å². The van der Waals surface area contributed by atoms with Gasteiger partial charge in [0.2, 0.25) is 0 Å². The predicted octanol–water partition coefficient (Wildman–Crippen LogP) is 3.13. The Kier molecular flexibility index (Phi) is 7.69. The van der Waals surface area contributed by atoms with Crippen molar-refractivity contribution >= 4 is 5.96 Å². The lowest BCUT2D eigenvalue weighted by Gasteiger charge is -2.11. The lowest BCUT2D eigenvalue weighted by Crippen LogP contribution is -2.38. The highest BCUT2D eigenvalue weighted by Crippen LogP contribution is 2.10. The van der Waals surface area contributed by atoms with E-state index < -0.39 is 0 Å². The van der Waals surface area contributed by atoms with Gasteiger partial charge in [0.05, 0.1) is 18.5 Å². The number of hydrogen-bond donors (Lipinski definition) is 2. The molecule has 0 unspecified atom stereocenters. The van der Waals surface area contributed by atoms with Crippen LogP contribution in [0.1, 0.15) is 24.7 Å². The zero-order valence-electron chi connectivity index (χ0n) is 16.2. The molecule has 0 saturated heterocycles. The summed E-state index contributed by atoms with van der Waals surface area (Å²) in [7, 11) is 0. The third-order valence-electron chi connectivity index (χ3n) is 4.03. The van der Waals surface area contributed by atoms with Gasteiger partial charge in [-0.2, -0.15) is 5.10 Å². The molecule has 0 spiro atoms. The number of aliphatic imine (C=N–C) groups is 1. The van der Waals surface area contributed by atoms with Gasteiger partial charge in [-0.15, -0.1) is 0 Å². The normalized spacial score (nSPS) is 11.5. The smallest absolute Gasteiger partial charge is 0.191 e. The molecule has 148 valence electrons. The highest BCUT2D eigenvalue weighted by atomic mass is 16.5. The number of aromatic nitrogens is 2. The third kappa shape index (κ3) is 6.28. The fourth-order valence-electron chi connectivity index (χ4n) is 2.68. The molecule has 0 atom stereocenters. The molecule has 7 heteroatoms. The summed E-state index contributed by atoms with van der Waals surface area (Å²) in [5, 5.41) is 10.9. The number of hydrogen-bond acceptors (Lipinski definition) is 4. The average Bonchev–Trinajstić information content (AvgIpc) is 3.43. The van der Waals surface area contributed by atoms with Gasteiger partial charge >= 0.3 is 0 Å². The second-order valence-corrected chi connectivity index (χ2v) is 6.23. The summed E-state index contributed by atoms with van der Waals surface area (Å²) in [6, 6.07) is 13.9. The zero-order chi connectivity index (χ0) is 19.4. The van der Waals surface area contributed by atoms with E-state index >= 15 is 0 Å². The van der Waals surface area contributed by atoms with Crippen LogP contribution in [0.4, 0.5) is 0 Å². The van der Waals surface area contributed by atoms with Crippen molar-refractivity contribution in [2.24, 2.45) is 4.99 Å². The van der Waals surface area contributed by atoms with E-state index in [1.807, 2.05) is 41.2 Å². The monoisotopic (exact) mass is 381 g/mol. The van der Waals surface area contributed by atoms with Crippen LogP contribution in [0.15, 0.2) is 70.5 Å².